The van der Waals surface area contributed by atoms with Gasteiger partial charge in [0.15, 0.2) is 0 Å². The maximum atomic E-state index is 4.66. The molecule has 14 heavy (non-hydrogen) atoms. The summed E-state index contributed by atoms with van der Waals surface area (Å²) in [6.45, 7) is 2.19. The lowest BCUT2D eigenvalue weighted by Crippen LogP contribution is -1.94. The first kappa shape index (κ1) is 8.22. The molecule has 1 heteroatoms. The molecule has 2 aliphatic rings. The number of fused-ring (bicyclic) bond motifs is 2. The highest BCUT2D eigenvalue weighted by atomic mass is 14.8. The van der Waals surface area contributed by atoms with E-state index < -0.39 is 0 Å². The van der Waals surface area contributed by atoms with Gasteiger partial charge in [-0.15, -0.1) is 0 Å². The van der Waals surface area contributed by atoms with Crippen LogP contribution >= 0.6 is 0 Å². The fourth-order valence-electron chi connectivity index (χ4n) is 2.54. The lowest BCUT2D eigenvalue weighted by atomic mass is 10.0. The molecule has 0 atom stereocenters. The van der Waals surface area contributed by atoms with Crippen molar-refractivity contribution in [3.05, 3.63) is 28.8 Å². The van der Waals surface area contributed by atoms with Crippen molar-refractivity contribution in [3.63, 3.8) is 0 Å². The molecule has 0 saturated heterocycles. The first-order chi connectivity index (χ1) is 6.86. The molecule has 0 unspecified atom stereocenters. The third-order valence-corrected chi connectivity index (χ3v) is 3.37. The first-order valence-electron chi connectivity index (χ1n) is 5.58. The summed E-state index contributed by atoms with van der Waals surface area (Å²) in [7, 11) is 0. The third-order valence-electron chi connectivity index (χ3n) is 3.37. The van der Waals surface area contributed by atoms with Crippen molar-refractivity contribution in [1.29, 1.82) is 0 Å². The van der Waals surface area contributed by atoms with Crippen LogP contribution < -0.4 is 0 Å². The molecule has 3 rings (SSSR count). The molecule has 0 spiro atoms. The smallest absolute Gasteiger partial charge is 0.0667 e. The van der Waals surface area contributed by atoms with E-state index in [-0.39, 0.29) is 0 Å². The predicted molar refractivity (Wildman–Crippen MR) is 59.6 cm³/mol. The molecule has 1 nitrogen and oxygen atoms in total. The molecule has 1 aliphatic carbocycles. The van der Waals surface area contributed by atoms with E-state index in [2.05, 4.69) is 24.0 Å². The zero-order chi connectivity index (χ0) is 9.54. The highest BCUT2D eigenvalue weighted by molar-refractivity contribution is 5.94. The molecule has 0 radical (unpaired) electrons. The number of rotatable bonds is 1. The Hall–Kier alpha value is -1.11. The van der Waals surface area contributed by atoms with Gasteiger partial charge in [-0.3, -0.25) is 4.99 Å². The zero-order valence-corrected chi connectivity index (χ0v) is 8.64. The van der Waals surface area contributed by atoms with Gasteiger partial charge in [0.1, 0.15) is 0 Å². The lowest BCUT2D eigenvalue weighted by Gasteiger charge is -2.02. The number of nitrogens with zero attached hydrogens (tertiary/aromatic N) is 1. The van der Waals surface area contributed by atoms with E-state index in [1.165, 1.54) is 36.2 Å². The summed E-state index contributed by atoms with van der Waals surface area (Å²) in [6, 6.07) is 4.71. The van der Waals surface area contributed by atoms with Gasteiger partial charge in [0.25, 0.3) is 0 Å². The molecule has 0 fully saturated rings. The Morgan fingerprint density at radius 2 is 1.93 bits per heavy atom. The molecule has 72 valence electrons. The van der Waals surface area contributed by atoms with Crippen molar-refractivity contribution in [2.75, 3.05) is 0 Å². The molecule has 0 aromatic heterocycles. The number of aliphatic imine (C=N–C) groups is 1. The van der Waals surface area contributed by atoms with Gasteiger partial charge in [0.05, 0.1) is 5.69 Å². The highest BCUT2D eigenvalue weighted by Gasteiger charge is 2.18. The normalized spacial score (nSPS) is 17.9. The minimum atomic E-state index is 1.10. The molecule has 1 aliphatic heterocycles. The van der Waals surface area contributed by atoms with Crippen LogP contribution in [0.1, 0.15) is 36.5 Å². The minimum Gasteiger partial charge on any atom is -0.257 e. The van der Waals surface area contributed by atoms with E-state index in [0.29, 0.717) is 0 Å². The summed E-state index contributed by atoms with van der Waals surface area (Å²) in [5.41, 5.74) is 7.19. The fraction of sp³-hybridized carbons (Fsp3) is 0.462. The highest BCUT2D eigenvalue weighted by Crippen LogP contribution is 2.34. The van der Waals surface area contributed by atoms with Crippen LogP contribution in [-0.4, -0.2) is 5.71 Å². The molecular weight excluding hydrogens is 170 g/mol. The Kier molecular flexibility index (Phi) is 1.73. The van der Waals surface area contributed by atoms with Crippen LogP contribution in [0.5, 0.6) is 0 Å². The molecule has 0 bridgehead atoms. The van der Waals surface area contributed by atoms with Crippen molar-refractivity contribution in [1.82, 2.24) is 0 Å². The van der Waals surface area contributed by atoms with Gasteiger partial charge in [-0.05, 0) is 48.4 Å². The van der Waals surface area contributed by atoms with E-state index in [1.54, 1.807) is 11.1 Å². The van der Waals surface area contributed by atoms with E-state index in [9.17, 15) is 0 Å². The topological polar surface area (TPSA) is 12.4 Å². The molecular formula is C13H15N. The summed E-state index contributed by atoms with van der Waals surface area (Å²) < 4.78 is 0. The standard InChI is InChI=1S/C13H15N/c1-2-12-7-11-6-9-4-3-5-10(9)8-13(11)14-12/h6,8H,2-5,7H2,1H3. The van der Waals surface area contributed by atoms with Crippen molar-refractivity contribution >= 4 is 11.4 Å². The van der Waals surface area contributed by atoms with Gasteiger partial charge >= 0.3 is 0 Å². The molecule has 0 amide bonds. The van der Waals surface area contributed by atoms with Gasteiger partial charge in [0, 0.05) is 12.1 Å². The fourth-order valence-corrected chi connectivity index (χ4v) is 2.54. The molecule has 1 heterocycles. The van der Waals surface area contributed by atoms with Crippen LogP contribution in [-0.2, 0) is 19.3 Å². The maximum Gasteiger partial charge on any atom is 0.0667 e. The second-order valence-corrected chi connectivity index (χ2v) is 4.31. The number of hydrogen-bond donors (Lipinski definition) is 0. The second-order valence-electron chi connectivity index (χ2n) is 4.31. The Morgan fingerprint density at radius 3 is 2.71 bits per heavy atom. The first-order valence-corrected chi connectivity index (χ1v) is 5.58. The number of aryl methyl sites for hydroxylation is 2. The third kappa shape index (κ3) is 1.12. The van der Waals surface area contributed by atoms with E-state index in [4.69, 9.17) is 0 Å². The van der Waals surface area contributed by atoms with Crippen LogP contribution in [0.4, 0.5) is 5.69 Å². The van der Waals surface area contributed by atoms with E-state index in [0.717, 1.165) is 12.8 Å². The summed E-state index contributed by atoms with van der Waals surface area (Å²) in [5, 5.41) is 0. The van der Waals surface area contributed by atoms with Crippen LogP contribution in [0, 0.1) is 0 Å². The van der Waals surface area contributed by atoms with Crippen molar-refractivity contribution in [3.8, 4) is 0 Å². The van der Waals surface area contributed by atoms with Gasteiger partial charge in [-0.25, -0.2) is 0 Å². The molecule has 1 aromatic rings. The predicted octanol–water partition coefficient (Wildman–Crippen LogP) is 3.21. The van der Waals surface area contributed by atoms with E-state index in [1.807, 2.05) is 0 Å². The average Bonchev–Trinajstić information content (AvgIpc) is 2.77. The largest absolute Gasteiger partial charge is 0.257 e. The zero-order valence-electron chi connectivity index (χ0n) is 8.64. The van der Waals surface area contributed by atoms with Crippen LogP contribution in [0.2, 0.25) is 0 Å². The molecule has 0 saturated carbocycles. The maximum absolute atomic E-state index is 4.66. The van der Waals surface area contributed by atoms with E-state index >= 15 is 0 Å². The SMILES string of the molecule is CCC1=Nc2cc3c(cc2C1)CCC3. The lowest BCUT2D eigenvalue weighted by molar-refractivity contribution is 0.911. The van der Waals surface area contributed by atoms with Crippen molar-refractivity contribution in [2.45, 2.75) is 39.0 Å². The molecule has 0 N–H and O–H groups in total. The van der Waals surface area contributed by atoms with Crippen LogP contribution in [0.3, 0.4) is 0 Å². The second kappa shape index (κ2) is 2.94. The molecule has 1 aromatic carbocycles. The van der Waals surface area contributed by atoms with Crippen LogP contribution in [0.25, 0.3) is 0 Å². The average molecular weight is 185 g/mol. The van der Waals surface area contributed by atoms with Gasteiger partial charge in [0.2, 0.25) is 0 Å². The van der Waals surface area contributed by atoms with Gasteiger partial charge in [-0.1, -0.05) is 13.0 Å². The van der Waals surface area contributed by atoms with Crippen LogP contribution in [0.15, 0.2) is 17.1 Å². The Balaban J connectivity index is 2.07. The van der Waals surface area contributed by atoms with Crippen molar-refractivity contribution in [2.24, 2.45) is 4.99 Å². The number of benzene rings is 1. The summed E-state index contributed by atoms with van der Waals surface area (Å²) in [6.07, 6.45) is 6.07. The van der Waals surface area contributed by atoms with Gasteiger partial charge < -0.3 is 0 Å². The summed E-state index contributed by atoms with van der Waals surface area (Å²) in [5.74, 6) is 0. The Labute approximate surface area is 84.9 Å². The van der Waals surface area contributed by atoms with Gasteiger partial charge in [-0.2, -0.15) is 0 Å². The Morgan fingerprint density at radius 1 is 1.14 bits per heavy atom. The minimum absolute atomic E-state index is 1.10. The number of hydrogen-bond acceptors (Lipinski definition) is 1. The quantitative estimate of drug-likeness (QED) is 0.637. The summed E-state index contributed by atoms with van der Waals surface area (Å²) >= 11 is 0. The van der Waals surface area contributed by atoms with Crippen molar-refractivity contribution < 1.29 is 0 Å². The monoisotopic (exact) mass is 185 g/mol. The summed E-state index contributed by atoms with van der Waals surface area (Å²) in [4.78, 5) is 4.66. The Bertz CT molecular complexity index is 415.